The van der Waals surface area contributed by atoms with Gasteiger partial charge >= 0.3 is 0 Å². The van der Waals surface area contributed by atoms with E-state index in [0.717, 1.165) is 12.1 Å². The highest BCUT2D eigenvalue weighted by Gasteiger charge is 2.36. The monoisotopic (exact) mass is 411 g/mol. The van der Waals surface area contributed by atoms with Crippen LogP contribution in [0.4, 0.5) is 0 Å². The van der Waals surface area contributed by atoms with Gasteiger partial charge in [0.15, 0.2) is 0 Å². The van der Waals surface area contributed by atoms with Crippen LogP contribution < -0.4 is 10.0 Å². The van der Waals surface area contributed by atoms with Gasteiger partial charge in [0.1, 0.15) is 12.1 Å². The average molecular weight is 411 g/mol. The maximum atomic E-state index is 6.18. The highest BCUT2D eigenvalue weighted by atomic mass is 31.1. The summed E-state index contributed by atoms with van der Waals surface area (Å²) in [6.45, 7) is 7.00. The molecule has 0 aliphatic carbocycles. The summed E-state index contributed by atoms with van der Waals surface area (Å²) in [5.41, 5.74) is 6.10. The van der Waals surface area contributed by atoms with Crippen LogP contribution in [-0.2, 0) is 0 Å². The summed E-state index contributed by atoms with van der Waals surface area (Å²) < 4.78 is 8.61. The number of fused-ring (bicyclic) bond motifs is 1. The fourth-order valence-electron chi connectivity index (χ4n) is 4.17. The van der Waals surface area contributed by atoms with E-state index in [1.165, 1.54) is 33.5 Å². The van der Waals surface area contributed by atoms with Gasteiger partial charge in [-0.25, -0.2) is 0 Å². The van der Waals surface area contributed by atoms with Crippen molar-refractivity contribution in [1.82, 2.24) is 4.57 Å². The van der Waals surface area contributed by atoms with E-state index >= 15 is 0 Å². The first-order valence-electron chi connectivity index (χ1n) is 10.4. The summed E-state index contributed by atoms with van der Waals surface area (Å²) in [6, 6.07) is 32.3. The molecule has 1 aliphatic rings. The molecule has 0 saturated heterocycles. The molecule has 0 unspecified atom stereocenters. The summed E-state index contributed by atoms with van der Waals surface area (Å²) in [5.74, 6) is 1.04. The van der Waals surface area contributed by atoms with Crippen LogP contribution in [0.2, 0.25) is 0 Å². The second-order valence-electron chi connectivity index (χ2n) is 8.67. The van der Waals surface area contributed by atoms with Gasteiger partial charge in [-0.05, 0) is 48.5 Å². The van der Waals surface area contributed by atoms with E-state index in [2.05, 4.69) is 116 Å². The Morgan fingerprint density at radius 1 is 0.700 bits per heavy atom. The third-order valence-electron chi connectivity index (χ3n) is 5.67. The van der Waals surface area contributed by atoms with Crippen molar-refractivity contribution in [1.29, 1.82) is 0 Å². The predicted octanol–water partition coefficient (Wildman–Crippen LogP) is 7.07. The topological polar surface area (TPSA) is 14.2 Å². The Labute approximate surface area is 179 Å². The third kappa shape index (κ3) is 3.26. The normalized spacial score (nSPS) is 15.6. The first-order valence-corrected chi connectivity index (χ1v) is 11.9. The van der Waals surface area contributed by atoms with Gasteiger partial charge in [0, 0.05) is 5.30 Å². The molecule has 2 heterocycles. The van der Waals surface area contributed by atoms with Crippen molar-refractivity contribution in [3.63, 3.8) is 0 Å². The summed E-state index contributed by atoms with van der Waals surface area (Å²) in [5, 5.41) is 1.56. The van der Waals surface area contributed by atoms with Crippen LogP contribution in [0, 0.1) is 0 Å². The van der Waals surface area contributed by atoms with E-state index in [-0.39, 0.29) is 5.16 Å². The lowest BCUT2D eigenvalue weighted by Gasteiger charge is -2.28. The van der Waals surface area contributed by atoms with E-state index in [1.807, 2.05) is 0 Å². The summed E-state index contributed by atoms with van der Waals surface area (Å²) >= 11 is 0. The molecule has 1 aromatic heterocycles. The van der Waals surface area contributed by atoms with E-state index < -0.39 is 7.92 Å². The molecule has 150 valence electrons. The third-order valence-corrected chi connectivity index (χ3v) is 8.66. The number of aromatic nitrogens is 1. The SMILES string of the molecule is CC(C)(C)[P@]1COc2cccc(-n3c(-c4ccccc4)ccc3-c3ccccc3)c21. The smallest absolute Gasteiger partial charge is 0.129 e. The van der Waals surface area contributed by atoms with Gasteiger partial charge in [-0.15, -0.1) is 0 Å². The molecule has 0 saturated carbocycles. The maximum Gasteiger partial charge on any atom is 0.129 e. The van der Waals surface area contributed by atoms with Gasteiger partial charge in [-0.2, -0.15) is 0 Å². The molecular weight excluding hydrogens is 385 g/mol. The molecule has 0 fully saturated rings. The van der Waals surface area contributed by atoms with Gasteiger partial charge in [0.05, 0.1) is 17.1 Å². The Kier molecular flexibility index (Phi) is 4.76. The van der Waals surface area contributed by atoms with Gasteiger partial charge in [0.2, 0.25) is 0 Å². The first-order chi connectivity index (χ1) is 14.5. The molecule has 3 aromatic carbocycles. The molecule has 0 bridgehead atoms. The molecule has 30 heavy (non-hydrogen) atoms. The zero-order chi connectivity index (χ0) is 20.7. The van der Waals surface area contributed by atoms with Crippen molar-refractivity contribution < 1.29 is 4.74 Å². The summed E-state index contributed by atoms with van der Waals surface area (Å²) in [7, 11) is -0.433. The lowest BCUT2D eigenvalue weighted by molar-refractivity contribution is 0.400. The number of hydrogen-bond acceptors (Lipinski definition) is 1. The van der Waals surface area contributed by atoms with Crippen molar-refractivity contribution in [2.45, 2.75) is 25.9 Å². The maximum absolute atomic E-state index is 6.18. The van der Waals surface area contributed by atoms with Gasteiger partial charge in [-0.1, -0.05) is 87.5 Å². The van der Waals surface area contributed by atoms with Crippen LogP contribution in [0.25, 0.3) is 28.2 Å². The molecule has 0 radical (unpaired) electrons. The molecule has 1 aliphatic heterocycles. The lowest BCUT2D eigenvalue weighted by atomic mass is 10.1. The van der Waals surface area contributed by atoms with Crippen molar-refractivity contribution in [2.24, 2.45) is 0 Å². The average Bonchev–Trinajstić information content (AvgIpc) is 3.39. The molecule has 5 rings (SSSR count). The minimum Gasteiger partial charge on any atom is -0.488 e. The number of rotatable bonds is 3. The van der Waals surface area contributed by atoms with Gasteiger partial charge in [0.25, 0.3) is 0 Å². The quantitative estimate of drug-likeness (QED) is 0.329. The van der Waals surface area contributed by atoms with Crippen LogP contribution >= 0.6 is 7.92 Å². The standard InChI is InChI=1S/C27H26NOP/c1-27(2,3)30-19-29-25-16-10-15-24(26(25)30)28-22(20-11-6-4-7-12-20)17-18-23(28)21-13-8-5-9-14-21/h4-18H,19H2,1-3H3/t30-/m1/s1. The molecule has 0 amide bonds. The Morgan fingerprint density at radius 3 is 1.80 bits per heavy atom. The fourth-order valence-corrected chi connectivity index (χ4v) is 6.48. The van der Waals surface area contributed by atoms with Crippen LogP contribution in [-0.4, -0.2) is 16.1 Å². The fraction of sp³-hybridized carbons (Fsp3) is 0.185. The van der Waals surface area contributed by atoms with E-state index in [4.69, 9.17) is 4.74 Å². The largest absolute Gasteiger partial charge is 0.488 e. The van der Waals surface area contributed by atoms with Crippen molar-refractivity contribution in [3.05, 3.63) is 91.0 Å². The van der Waals surface area contributed by atoms with Gasteiger partial charge in [-0.3, -0.25) is 0 Å². The molecule has 2 nitrogen and oxygen atoms in total. The number of benzene rings is 3. The minimum absolute atomic E-state index is 0.184. The highest BCUT2D eigenvalue weighted by Crippen LogP contribution is 2.55. The van der Waals surface area contributed by atoms with Crippen LogP contribution in [0.3, 0.4) is 0 Å². The minimum atomic E-state index is -0.433. The molecule has 4 aromatic rings. The zero-order valence-electron chi connectivity index (χ0n) is 17.7. The van der Waals surface area contributed by atoms with Crippen molar-refractivity contribution >= 4 is 13.2 Å². The summed E-state index contributed by atoms with van der Waals surface area (Å²) in [6.07, 6.45) is 0.799. The molecule has 3 heteroatoms. The second kappa shape index (κ2) is 7.45. The molecule has 0 N–H and O–H groups in total. The predicted molar refractivity (Wildman–Crippen MR) is 128 cm³/mol. The molecule has 1 atom stereocenters. The molecular formula is C27H26NOP. The highest BCUT2D eigenvalue weighted by molar-refractivity contribution is 7.67. The molecule has 0 spiro atoms. The van der Waals surface area contributed by atoms with Crippen LogP contribution in [0.1, 0.15) is 20.8 Å². The first kappa shape index (κ1) is 19.2. The number of hydrogen-bond donors (Lipinski definition) is 0. The van der Waals surface area contributed by atoms with Gasteiger partial charge < -0.3 is 9.30 Å². The number of ether oxygens (including phenoxy) is 1. The lowest BCUT2D eigenvalue weighted by Crippen LogP contribution is -2.21. The Bertz CT molecular complexity index is 1120. The van der Waals surface area contributed by atoms with E-state index in [1.54, 1.807) is 0 Å². The Morgan fingerprint density at radius 2 is 1.27 bits per heavy atom. The van der Waals surface area contributed by atoms with E-state index in [0.29, 0.717) is 0 Å². The van der Waals surface area contributed by atoms with Crippen molar-refractivity contribution in [2.75, 3.05) is 6.35 Å². The summed E-state index contributed by atoms with van der Waals surface area (Å²) in [4.78, 5) is 0. The Hall–Kier alpha value is -2.83. The second-order valence-corrected chi connectivity index (χ2v) is 11.6. The van der Waals surface area contributed by atoms with Crippen LogP contribution in [0.15, 0.2) is 91.0 Å². The van der Waals surface area contributed by atoms with E-state index in [9.17, 15) is 0 Å². The zero-order valence-corrected chi connectivity index (χ0v) is 18.6. The van der Waals surface area contributed by atoms with Crippen molar-refractivity contribution in [3.8, 4) is 34.0 Å². The Balaban J connectivity index is 1.80. The number of nitrogens with zero attached hydrogens (tertiary/aromatic N) is 1. The van der Waals surface area contributed by atoms with Crippen LogP contribution in [0.5, 0.6) is 5.75 Å².